The molecule has 0 bridgehead atoms. The number of nitrogens with zero attached hydrogens (tertiary/aromatic N) is 1. The Hall–Kier alpha value is -1.30. The maximum Gasteiger partial charge on any atom is 0.150 e. The van der Waals surface area contributed by atoms with Crippen LogP contribution in [0.15, 0.2) is 46.6 Å². The van der Waals surface area contributed by atoms with E-state index in [1.165, 1.54) is 0 Å². The maximum atomic E-state index is 10.0. The number of aliphatic hydroxyl groups excluding tert-OH is 1. The quantitative estimate of drug-likeness (QED) is 0.594. The van der Waals surface area contributed by atoms with Crippen molar-refractivity contribution < 1.29 is 9.84 Å². The van der Waals surface area contributed by atoms with Crippen LogP contribution in [-0.4, -0.2) is 28.6 Å². The van der Waals surface area contributed by atoms with E-state index in [0.717, 1.165) is 27.8 Å². The molecule has 21 heavy (non-hydrogen) atoms. The van der Waals surface area contributed by atoms with Gasteiger partial charge in [-0.05, 0) is 25.0 Å². The summed E-state index contributed by atoms with van der Waals surface area (Å²) < 4.78 is 6.70. The predicted molar refractivity (Wildman–Crippen MR) is 89.4 cm³/mol. The minimum atomic E-state index is -0.518. The summed E-state index contributed by atoms with van der Waals surface area (Å²) in [5.41, 5.74) is 2.11. The van der Waals surface area contributed by atoms with Crippen LogP contribution in [0.2, 0.25) is 0 Å². The third-order valence-corrected chi connectivity index (χ3v) is 5.05. The van der Waals surface area contributed by atoms with Crippen molar-refractivity contribution in [3.05, 3.63) is 53.6 Å². The van der Waals surface area contributed by atoms with Gasteiger partial charge in [0.05, 0.1) is 6.10 Å². The Balaban J connectivity index is 1.80. The molecule has 2 aromatic rings. The van der Waals surface area contributed by atoms with Gasteiger partial charge in [-0.25, -0.2) is 4.98 Å². The molecule has 1 aromatic carbocycles. The zero-order valence-corrected chi connectivity index (χ0v) is 13.6. The number of thiazole rings is 1. The monoisotopic (exact) mass is 321 g/mol. The lowest BCUT2D eigenvalue weighted by Gasteiger charge is -2.13. The van der Waals surface area contributed by atoms with Gasteiger partial charge in [-0.1, -0.05) is 36.0 Å². The molecule has 1 aromatic heterocycles. The SMILES string of the molecule is C=CCc1ccccc1OC[C@@H](O)CSc1nc(C)cs1. The molecule has 0 saturated carbocycles. The van der Waals surface area contributed by atoms with Crippen molar-refractivity contribution in [1.29, 1.82) is 0 Å². The fourth-order valence-corrected chi connectivity index (χ4v) is 3.55. The van der Waals surface area contributed by atoms with Crippen molar-refractivity contribution in [2.75, 3.05) is 12.4 Å². The van der Waals surface area contributed by atoms with Crippen LogP contribution in [0.25, 0.3) is 0 Å². The van der Waals surface area contributed by atoms with E-state index in [9.17, 15) is 5.11 Å². The second-order valence-corrected chi connectivity index (χ2v) is 6.76. The summed E-state index contributed by atoms with van der Waals surface area (Å²) in [5.74, 6) is 1.39. The summed E-state index contributed by atoms with van der Waals surface area (Å²) in [5, 5.41) is 12.0. The van der Waals surface area contributed by atoms with Crippen LogP contribution in [0, 0.1) is 6.92 Å². The van der Waals surface area contributed by atoms with Gasteiger partial charge in [0, 0.05) is 16.8 Å². The summed E-state index contributed by atoms with van der Waals surface area (Å²) in [6.07, 6.45) is 2.09. The summed E-state index contributed by atoms with van der Waals surface area (Å²) in [6.45, 7) is 6.00. The molecule has 0 amide bonds. The first-order chi connectivity index (χ1) is 10.2. The van der Waals surface area contributed by atoms with Gasteiger partial charge in [-0.2, -0.15) is 0 Å². The smallest absolute Gasteiger partial charge is 0.150 e. The fraction of sp³-hybridized carbons (Fsp3) is 0.312. The highest BCUT2D eigenvalue weighted by atomic mass is 32.2. The number of para-hydroxylation sites is 1. The van der Waals surface area contributed by atoms with Crippen molar-refractivity contribution >= 4 is 23.1 Å². The Morgan fingerprint density at radius 3 is 3.00 bits per heavy atom. The zero-order chi connectivity index (χ0) is 15.1. The van der Waals surface area contributed by atoms with Crippen molar-refractivity contribution in [3.63, 3.8) is 0 Å². The summed E-state index contributed by atoms with van der Waals surface area (Å²) in [7, 11) is 0. The number of thioether (sulfide) groups is 1. The third-order valence-electron chi connectivity index (χ3n) is 2.77. The van der Waals surface area contributed by atoms with Gasteiger partial charge in [0.25, 0.3) is 0 Å². The Morgan fingerprint density at radius 2 is 2.29 bits per heavy atom. The van der Waals surface area contributed by atoms with E-state index in [1.807, 2.05) is 42.6 Å². The van der Waals surface area contributed by atoms with Crippen molar-refractivity contribution in [2.24, 2.45) is 0 Å². The minimum absolute atomic E-state index is 0.283. The van der Waals surface area contributed by atoms with Crippen LogP contribution < -0.4 is 4.74 Å². The molecule has 0 aliphatic carbocycles. The number of benzene rings is 1. The summed E-state index contributed by atoms with van der Waals surface area (Å²) >= 11 is 3.16. The lowest BCUT2D eigenvalue weighted by atomic mass is 10.1. The molecule has 112 valence electrons. The standard InChI is InChI=1S/C16H19NO2S2/c1-3-6-13-7-4-5-8-15(13)19-9-14(18)11-21-16-17-12(2)10-20-16/h3-5,7-8,10,14,18H,1,6,9,11H2,2H3/t14-/m1/s1. The molecule has 0 spiro atoms. The number of aromatic nitrogens is 1. The van der Waals surface area contributed by atoms with E-state index in [-0.39, 0.29) is 6.61 Å². The highest BCUT2D eigenvalue weighted by Gasteiger charge is 2.09. The molecule has 2 rings (SSSR count). The van der Waals surface area contributed by atoms with Crippen LogP contribution in [0.4, 0.5) is 0 Å². The van der Waals surface area contributed by atoms with E-state index in [4.69, 9.17) is 4.74 Å². The van der Waals surface area contributed by atoms with Gasteiger partial charge in [-0.15, -0.1) is 17.9 Å². The maximum absolute atomic E-state index is 10.0. The Morgan fingerprint density at radius 1 is 1.48 bits per heavy atom. The number of aryl methyl sites for hydroxylation is 1. The van der Waals surface area contributed by atoms with Gasteiger partial charge >= 0.3 is 0 Å². The van der Waals surface area contributed by atoms with E-state index in [2.05, 4.69) is 11.6 Å². The van der Waals surface area contributed by atoms with Crippen molar-refractivity contribution in [2.45, 2.75) is 23.8 Å². The molecule has 0 aliphatic heterocycles. The van der Waals surface area contributed by atoms with E-state index in [0.29, 0.717) is 5.75 Å². The third kappa shape index (κ3) is 5.19. The first kappa shape index (κ1) is 16.1. The predicted octanol–water partition coefficient (Wildman–Crippen LogP) is 3.71. The van der Waals surface area contributed by atoms with E-state index >= 15 is 0 Å². The molecule has 0 unspecified atom stereocenters. The lowest BCUT2D eigenvalue weighted by Crippen LogP contribution is -2.20. The molecular formula is C16H19NO2S2. The normalized spacial score (nSPS) is 12.1. The van der Waals surface area contributed by atoms with Crippen LogP contribution in [-0.2, 0) is 6.42 Å². The van der Waals surface area contributed by atoms with Gasteiger partial charge in [0.15, 0.2) is 0 Å². The molecule has 0 saturated heterocycles. The Labute approximate surface area is 133 Å². The molecule has 1 N–H and O–H groups in total. The van der Waals surface area contributed by atoms with Gasteiger partial charge < -0.3 is 9.84 Å². The van der Waals surface area contributed by atoms with Gasteiger partial charge in [0.1, 0.15) is 16.7 Å². The van der Waals surface area contributed by atoms with E-state index in [1.54, 1.807) is 23.1 Å². The number of aliphatic hydroxyl groups is 1. The van der Waals surface area contributed by atoms with Gasteiger partial charge in [0.2, 0.25) is 0 Å². The van der Waals surface area contributed by atoms with Gasteiger partial charge in [-0.3, -0.25) is 0 Å². The second-order valence-electron chi connectivity index (χ2n) is 4.63. The zero-order valence-electron chi connectivity index (χ0n) is 12.0. The average molecular weight is 321 g/mol. The molecular weight excluding hydrogens is 302 g/mol. The Bertz CT molecular complexity index is 583. The van der Waals surface area contributed by atoms with E-state index < -0.39 is 6.10 Å². The number of hydrogen-bond donors (Lipinski definition) is 1. The molecule has 0 aliphatic rings. The van der Waals surface area contributed by atoms with Crippen LogP contribution in [0.3, 0.4) is 0 Å². The number of ether oxygens (including phenoxy) is 1. The number of hydrogen-bond acceptors (Lipinski definition) is 5. The van der Waals surface area contributed by atoms with Crippen molar-refractivity contribution in [3.8, 4) is 5.75 Å². The number of rotatable bonds is 8. The van der Waals surface area contributed by atoms with Crippen LogP contribution >= 0.6 is 23.1 Å². The highest BCUT2D eigenvalue weighted by molar-refractivity contribution is 8.01. The summed E-state index contributed by atoms with van der Waals surface area (Å²) in [4.78, 5) is 4.36. The largest absolute Gasteiger partial charge is 0.491 e. The highest BCUT2D eigenvalue weighted by Crippen LogP contribution is 2.23. The molecule has 1 atom stereocenters. The topological polar surface area (TPSA) is 42.4 Å². The number of allylic oxidation sites excluding steroid dienone is 1. The first-order valence-electron chi connectivity index (χ1n) is 6.73. The fourth-order valence-electron chi connectivity index (χ4n) is 1.77. The summed E-state index contributed by atoms with van der Waals surface area (Å²) in [6, 6.07) is 7.84. The average Bonchev–Trinajstić information content (AvgIpc) is 2.90. The molecule has 3 nitrogen and oxygen atoms in total. The second kappa shape index (κ2) is 8.22. The van der Waals surface area contributed by atoms with Crippen LogP contribution in [0.1, 0.15) is 11.3 Å². The van der Waals surface area contributed by atoms with Crippen LogP contribution in [0.5, 0.6) is 5.75 Å². The molecule has 1 heterocycles. The molecule has 5 heteroatoms. The molecule has 0 radical (unpaired) electrons. The lowest BCUT2D eigenvalue weighted by molar-refractivity contribution is 0.126. The minimum Gasteiger partial charge on any atom is -0.491 e. The first-order valence-corrected chi connectivity index (χ1v) is 8.60. The van der Waals surface area contributed by atoms with Crippen molar-refractivity contribution in [1.82, 2.24) is 4.98 Å². The molecule has 0 fully saturated rings. The Kier molecular flexibility index (Phi) is 6.29.